The Balaban J connectivity index is 3.15. The van der Waals surface area contributed by atoms with Crippen LogP contribution in [0.5, 0.6) is 0 Å². The summed E-state index contributed by atoms with van der Waals surface area (Å²) in [7, 11) is 0. The van der Waals surface area contributed by atoms with Crippen molar-refractivity contribution in [2.75, 3.05) is 0 Å². The minimum absolute atomic E-state index is 0.271. The second-order valence-electron chi connectivity index (χ2n) is 3.70. The molecular formula is C10H14Cl2. The number of hydrogen-bond donors (Lipinski definition) is 0. The van der Waals surface area contributed by atoms with E-state index >= 15 is 0 Å². The molecule has 1 aliphatic carbocycles. The molecule has 0 heterocycles. The zero-order valence-corrected chi connectivity index (χ0v) is 9.42. The first-order valence-corrected chi connectivity index (χ1v) is 4.87. The molecule has 0 aromatic carbocycles. The van der Waals surface area contributed by atoms with E-state index in [0.717, 1.165) is 10.6 Å². The van der Waals surface area contributed by atoms with Gasteiger partial charge in [-0.05, 0) is 31.9 Å². The summed E-state index contributed by atoms with van der Waals surface area (Å²) in [6, 6.07) is 0. The van der Waals surface area contributed by atoms with Gasteiger partial charge in [-0.1, -0.05) is 24.6 Å². The fraction of sp³-hybridized carbons (Fsp3) is 0.600. The van der Waals surface area contributed by atoms with Gasteiger partial charge in [0.1, 0.15) is 0 Å². The minimum Gasteiger partial charge on any atom is -0.114 e. The number of allylic oxidation sites excluding steroid dienone is 4. The van der Waals surface area contributed by atoms with Crippen LogP contribution in [-0.2, 0) is 0 Å². The Bertz CT molecular complexity index is 259. The first kappa shape index (κ1) is 10.1. The Hall–Kier alpha value is 0.0600. The van der Waals surface area contributed by atoms with E-state index in [9.17, 15) is 0 Å². The molecule has 1 aliphatic rings. The van der Waals surface area contributed by atoms with Crippen molar-refractivity contribution >= 4 is 23.2 Å². The minimum atomic E-state index is -0.271. The van der Waals surface area contributed by atoms with Crippen molar-refractivity contribution in [1.82, 2.24) is 0 Å². The average Bonchev–Trinajstić information content (AvgIpc) is 1.97. The zero-order valence-electron chi connectivity index (χ0n) is 7.91. The smallest absolute Gasteiger partial charge is 0.0666 e. The molecule has 0 spiro atoms. The highest BCUT2D eigenvalue weighted by Crippen LogP contribution is 2.41. The van der Waals surface area contributed by atoms with E-state index in [0.29, 0.717) is 5.92 Å². The summed E-state index contributed by atoms with van der Waals surface area (Å²) < 4.78 is 0. The number of rotatable bonds is 0. The lowest BCUT2D eigenvalue weighted by Gasteiger charge is -2.32. The van der Waals surface area contributed by atoms with Crippen LogP contribution in [0.1, 0.15) is 27.7 Å². The van der Waals surface area contributed by atoms with Crippen LogP contribution in [-0.4, -0.2) is 4.87 Å². The van der Waals surface area contributed by atoms with Crippen LogP contribution in [0.25, 0.3) is 0 Å². The highest BCUT2D eigenvalue weighted by molar-refractivity contribution is 6.33. The van der Waals surface area contributed by atoms with Gasteiger partial charge in [-0.15, -0.1) is 11.6 Å². The van der Waals surface area contributed by atoms with Gasteiger partial charge in [0, 0.05) is 11.0 Å². The van der Waals surface area contributed by atoms with E-state index in [4.69, 9.17) is 23.2 Å². The van der Waals surface area contributed by atoms with Crippen molar-refractivity contribution in [2.24, 2.45) is 5.92 Å². The third-order valence-electron chi connectivity index (χ3n) is 2.69. The Labute approximate surface area is 84.2 Å². The molecule has 68 valence electrons. The van der Waals surface area contributed by atoms with E-state index in [2.05, 4.69) is 6.92 Å². The van der Waals surface area contributed by atoms with Gasteiger partial charge in [0.25, 0.3) is 0 Å². The average molecular weight is 205 g/mol. The maximum Gasteiger partial charge on any atom is 0.0666 e. The van der Waals surface area contributed by atoms with Gasteiger partial charge in [-0.3, -0.25) is 0 Å². The Morgan fingerprint density at radius 1 is 1.42 bits per heavy atom. The molecule has 0 nitrogen and oxygen atoms in total. The van der Waals surface area contributed by atoms with Gasteiger partial charge in [-0.2, -0.15) is 0 Å². The first-order chi connectivity index (χ1) is 5.36. The Morgan fingerprint density at radius 3 is 2.42 bits per heavy atom. The lowest BCUT2D eigenvalue weighted by molar-refractivity contribution is 0.551. The lowest BCUT2D eigenvalue weighted by Crippen LogP contribution is -2.28. The number of halogens is 2. The van der Waals surface area contributed by atoms with Gasteiger partial charge in [0.05, 0.1) is 4.87 Å². The molecule has 0 saturated heterocycles. The summed E-state index contributed by atoms with van der Waals surface area (Å²) >= 11 is 12.4. The van der Waals surface area contributed by atoms with Gasteiger partial charge in [0.2, 0.25) is 0 Å². The fourth-order valence-electron chi connectivity index (χ4n) is 1.54. The molecule has 12 heavy (non-hydrogen) atoms. The van der Waals surface area contributed by atoms with E-state index in [1.54, 1.807) is 0 Å². The van der Waals surface area contributed by atoms with Crippen LogP contribution in [0.4, 0.5) is 0 Å². The monoisotopic (exact) mass is 204 g/mol. The van der Waals surface area contributed by atoms with Gasteiger partial charge < -0.3 is 0 Å². The van der Waals surface area contributed by atoms with Crippen LogP contribution in [0.2, 0.25) is 0 Å². The summed E-state index contributed by atoms with van der Waals surface area (Å²) in [6.45, 7) is 8.17. The van der Waals surface area contributed by atoms with E-state index in [-0.39, 0.29) is 4.87 Å². The van der Waals surface area contributed by atoms with Crippen molar-refractivity contribution in [3.8, 4) is 0 Å². The van der Waals surface area contributed by atoms with Crippen molar-refractivity contribution in [2.45, 2.75) is 32.6 Å². The van der Waals surface area contributed by atoms with Gasteiger partial charge >= 0.3 is 0 Å². The van der Waals surface area contributed by atoms with E-state index in [1.807, 2.05) is 26.8 Å². The van der Waals surface area contributed by atoms with Crippen molar-refractivity contribution in [3.05, 3.63) is 22.3 Å². The maximum atomic E-state index is 6.31. The number of hydrogen-bond acceptors (Lipinski definition) is 0. The van der Waals surface area contributed by atoms with Gasteiger partial charge in [0.15, 0.2) is 0 Å². The summed E-state index contributed by atoms with van der Waals surface area (Å²) in [4.78, 5) is -0.271. The van der Waals surface area contributed by atoms with Crippen LogP contribution in [0.15, 0.2) is 22.3 Å². The molecule has 2 unspecified atom stereocenters. The highest BCUT2D eigenvalue weighted by Gasteiger charge is 2.32. The topological polar surface area (TPSA) is 0 Å². The molecule has 0 saturated carbocycles. The molecule has 0 radical (unpaired) electrons. The third kappa shape index (κ3) is 1.55. The van der Waals surface area contributed by atoms with Crippen molar-refractivity contribution < 1.29 is 0 Å². The quantitative estimate of drug-likeness (QED) is 0.522. The van der Waals surface area contributed by atoms with Gasteiger partial charge in [-0.25, -0.2) is 0 Å². The third-order valence-corrected chi connectivity index (χ3v) is 3.72. The van der Waals surface area contributed by atoms with Crippen molar-refractivity contribution in [3.63, 3.8) is 0 Å². The summed E-state index contributed by atoms with van der Waals surface area (Å²) in [5.41, 5.74) is 2.28. The first-order valence-electron chi connectivity index (χ1n) is 4.11. The normalized spacial score (nSPS) is 36.8. The summed E-state index contributed by atoms with van der Waals surface area (Å²) in [5.74, 6) is 0.315. The molecule has 0 fully saturated rings. The summed E-state index contributed by atoms with van der Waals surface area (Å²) in [5, 5.41) is 0.876. The molecule has 0 aromatic heterocycles. The van der Waals surface area contributed by atoms with Crippen LogP contribution < -0.4 is 0 Å². The standard InChI is InChI=1S/C10H14Cl2/c1-6-5-10(4,12)8(3)7(2)9(6)11/h5,8H,1-4H3. The molecule has 0 N–H and O–H groups in total. The second kappa shape index (κ2) is 3.08. The van der Waals surface area contributed by atoms with Crippen LogP contribution in [0, 0.1) is 5.92 Å². The van der Waals surface area contributed by atoms with Crippen LogP contribution >= 0.6 is 23.2 Å². The lowest BCUT2D eigenvalue weighted by atomic mass is 9.82. The number of alkyl halides is 1. The molecule has 1 rings (SSSR count). The molecule has 0 aromatic rings. The molecular weight excluding hydrogens is 191 g/mol. The van der Waals surface area contributed by atoms with Crippen LogP contribution in [0.3, 0.4) is 0 Å². The molecule has 2 heteroatoms. The fourth-order valence-corrected chi connectivity index (χ4v) is 2.08. The van der Waals surface area contributed by atoms with Crippen molar-refractivity contribution in [1.29, 1.82) is 0 Å². The predicted octanol–water partition coefficient (Wildman–Crippen LogP) is 4.09. The largest absolute Gasteiger partial charge is 0.114 e. The van der Waals surface area contributed by atoms with E-state index in [1.165, 1.54) is 5.57 Å². The molecule has 0 amide bonds. The predicted molar refractivity (Wildman–Crippen MR) is 55.7 cm³/mol. The Morgan fingerprint density at radius 2 is 1.92 bits per heavy atom. The molecule has 2 atom stereocenters. The molecule has 0 aliphatic heterocycles. The zero-order chi connectivity index (χ0) is 9.52. The second-order valence-corrected chi connectivity index (χ2v) is 4.89. The Kier molecular flexibility index (Phi) is 2.60. The summed E-state index contributed by atoms with van der Waals surface area (Å²) in [6.07, 6.45) is 2.04. The highest BCUT2D eigenvalue weighted by atomic mass is 35.5. The molecule has 0 bridgehead atoms. The van der Waals surface area contributed by atoms with E-state index < -0.39 is 0 Å². The SMILES string of the molecule is CC1=CC(C)(Cl)C(C)C(C)=C1Cl. The maximum absolute atomic E-state index is 6.31.